The maximum Gasteiger partial charge on any atom is 0.409 e. The van der Waals surface area contributed by atoms with Gasteiger partial charge in [0.1, 0.15) is 3.70 Å². The Labute approximate surface area is 118 Å². The van der Waals surface area contributed by atoms with E-state index in [0.717, 1.165) is 14.9 Å². The molecule has 6 heteroatoms. The molecule has 0 fully saturated rings. The first-order valence-corrected chi connectivity index (χ1v) is 6.55. The lowest BCUT2D eigenvalue weighted by Crippen LogP contribution is -2.21. The molecule has 2 aromatic heterocycles. The molecule has 2 aromatic rings. The van der Waals surface area contributed by atoms with Crippen LogP contribution in [0.15, 0.2) is 18.2 Å². The third-order valence-corrected chi connectivity index (χ3v) is 3.35. The Kier molecular flexibility index (Phi) is 3.22. The molecule has 0 atom stereocenters. The summed E-state index contributed by atoms with van der Waals surface area (Å²) in [5.41, 5.74) is 1.90. The van der Waals surface area contributed by atoms with Gasteiger partial charge in [0.25, 0.3) is 0 Å². The second-order valence-electron chi connectivity index (χ2n) is 5.08. The lowest BCUT2D eigenvalue weighted by Gasteiger charge is -2.21. The van der Waals surface area contributed by atoms with Gasteiger partial charge in [-0.25, -0.2) is 9.31 Å². The van der Waals surface area contributed by atoms with Crippen LogP contribution in [0.4, 0.5) is 10.5 Å². The van der Waals surface area contributed by atoms with Crippen LogP contribution >= 0.6 is 22.6 Å². The van der Waals surface area contributed by atoms with E-state index >= 15 is 0 Å². The highest BCUT2D eigenvalue weighted by Gasteiger charge is 2.22. The molecule has 0 spiro atoms. The molecular weight excluding hydrogens is 345 g/mol. The first-order valence-electron chi connectivity index (χ1n) is 5.48. The summed E-state index contributed by atoms with van der Waals surface area (Å²) in [4.78, 5) is 10.8. The maximum atomic E-state index is 10.8. The van der Waals surface area contributed by atoms with E-state index in [0.29, 0.717) is 5.69 Å². The van der Waals surface area contributed by atoms with Crippen LogP contribution in [0, 0.1) is 3.70 Å². The monoisotopic (exact) mass is 359 g/mol. The number of nitrogens with zero attached hydrogens (tertiary/aromatic N) is 2. The van der Waals surface area contributed by atoms with E-state index in [-0.39, 0.29) is 5.41 Å². The van der Waals surface area contributed by atoms with Gasteiger partial charge in [0.15, 0.2) is 0 Å². The highest BCUT2D eigenvalue weighted by Crippen LogP contribution is 2.29. The number of hydrogen-bond donors (Lipinski definition) is 2. The highest BCUT2D eigenvalue weighted by atomic mass is 127. The van der Waals surface area contributed by atoms with Gasteiger partial charge in [-0.1, -0.05) is 20.8 Å². The summed E-state index contributed by atoms with van der Waals surface area (Å²) in [7, 11) is 0. The standard InChI is InChI=1S/C12H14IN3O2/c1-12(2,3)10-8(14-11(17)18)6-7-4-5-9(13)16(7)15-10/h4-6,14H,1-3H3,(H,17,18). The van der Waals surface area contributed by atoms with Crippen molar-refractivity contribution >= 4 is 39.9 Å². The summed E-state index contributed by atoms with van der Waals surface area (Å²) >= 11 is 2.20. The van der Waals surface area contributed by atoms with Crippen molar-refractivity contribution in [2.45, 2.75) is 26.2 Å². The molecule has 2 heterocycles. The summed E-state index contributed by atoms with van der Waals surface area (Å²) in [5, 5.41) is 15.8. The van der Waals surface area contributed by atoms with Crippen molar-refractivity contribution in [3.63, 3.8) is 0 Å². The number of aromatic nitrogens is 2. The van der Waals surface area contributed by atoms with Crippen molar-refractivity contribution < 1.29 is 9.90 Å². The number of carboxylic acid groups (broad SMARTS) is 1. The average molecular weight is 359 g/mol. The zero-order valence-electron chi connectivity index (χ0n) is 10.4. The second-order valence-corrected chi connectivity index (χ2v) is 6.18. The van der Waals surface area contributed by atoms with Gasteiger partial charge in [-0.3, -0.25) is 5.32 Å². The summed E-state index contributed by atoms with van der Waals surface area (Å²) in [6.07, 6.45) is -1.08. The number of amides is 1. The molecular formula is C12H14IN3O2. The Morgan fingerprint density at radius 1 is 1.44 bits per heavy atom. The normalized spacial score (nSPS) is 11.8. The molecule has 0 unspecified atom stereocenters. The van der Waals surface area contributed by atoms with Gasteiger partial charge >= 0.3 is 6.09 Å². The van der Waals surface area contributed by atoms with E-state index in [9.17, 15) is 4.79 Å². The first-order chi connectivity index (χ1) is 8.29. The van der Waals surface area contributed by atoms with Gasteiger partial charge in [-0.05, 0) is 40.8 Å². The predicted molar refractivity (Wildman–Crippen MR) is 78.3 cm³/mol. The van der Waals surface area contributed by atoms with Crippen molar-refractivity contribution in [1.29, 1.82) is 0 Å². The van der Waals surface area contributed by atoms with Crippen LogP contribution in [0.2, 0.25) is 0 Å². The van der Waals surface area contributed by atoms with Gasteiger partial charge in [0, 0.05) is 5.41 Å². The quantitative estimate of drug-likeness (QED) is 0.768. The number of rotatable bonds is 1. The number of hydrogen-bond acceptors (Lipinski definition) is 2. The second kappa shape index (κ2) is 4.42. The summed E-state index contributed by atoms with van der Waals surface area (Å²) < 4.78 is 2.81. The third-order valence-electron chi connectivity index (χ3n) is 2.54. The van der Waals surface area contributed by atoms with Gasteiger partial charge in [0.2, 0.25) is 0 Å². The topological polar surface area (TPSA) is 66.6 Å². The lowest BCUT2D eigenvalue weighted by molar-refractivity contribution is 0.209. The Bertz CT molecular complexity index is 614. The Morgan fingerprint density at radius 3 is 2.67 bits per heavy atom. The van der Waals surface area contributed by atoms with E-state index in [1.807, 2.05) is 43.5 Å². The Balaban J connectivity index is 2.69. The number of nitrogens with one attached hydrogen (secondary N) is 1. The van der Waals surface area contributed by atoms with Gasteiger partial charge < -0.3 is 5.11 Å². The molecule has 0 aliphatic heterocycles. The fourth-order valence-electron chi connectivity index (χ4n) is 1.77. The first kappa shape index (κ1) is 13.1. The minimum atomic E-state index is -1.08. The summed E-state index contributed by atoms with van der Waals surface area (Å²) in [5.74, 6) is 0. The molecule has 0 aromatic carbocycles. The smallest absolute Gasteiger partial charge is 0.409 e. The van der Waals surface area contributed by atoms with Gasteiger partial charge in [-0.2, -0.15) is 5.10 Å². The zero-order chi connectivity index (χ0) is 13.5. The van der Waals surface area contributed by atoms with Crippen molar-refractivity contribution in [1.82, 2.24) is 9.61 Å². The minimum absolute atomic E-state index is 0.237. The summed E-state index contributed by atoms with van der Waals surface area (Å²) in [6, 6.07) is 5.66. The van der Waals surface area contributed by atoms with E-state index in [1.54, 1.807) is 0 Å². The van der Waals surface area contributed by atoms with Crippen molar-refractivity contribution in [2.75, 3.05) is 5.32 Å². The van der Waals surface area contributed by atoms with Gasteiger partial charge in [0.05, 0.1) is 16.9 Å². The molecule has 0 saturated heterocycles. The fourth-order valence-corrected chi connectivity index (χ4v) is 2.33. The zero-order valence-corrected chi connectivity index (χ0v) is 12.5. The van der Waals surface area contributed by atoms with Crippen molar-refractivity contribution in [3.8, 4) is 0 Å². The van der Waals surface area contributed by atoms with Crippen LogP contribution in [0.3, 0.4) is 0 Å². The lowest BCUT2D eigenvalue weighted by atomic mass is 9.90. The van der Waals surface area contributed by atoms with E-state index in [4.69, 9.17) is 5.11 Å². The van der Waals surface area contributed by atoms with E-state index < -0.39 is 6.09 Å². The predicted octanol–water partition coefficient (Wildman–Crippen LogP) is 3.33. The molecule has 0 aliphatic rings. The number of fused-ring (bicyclic) bond motifs is 1. The van der Waals surface area contributed by atoms with Crippen LogP contribution in [-0.2, 0) is 5.41 Å². The number of carbonyl (C=O) groups is 1. The molecule has 1 amide bonds. The Morgan fingerprint density at radius 2 is 2.11 bits per heavy atom. The van der Waals surface area contributed by atoms with Crippen LogP contribution in [0.5, 0.6) is 0 Å². The molecule has 0 radical (unpaired) electrons. The fraction of sp³-hybridized carbons (Fsp3) is 0.333. The van der Waals surface area contributed by atoms with Crippen LogP contribution < -0.4 is 5.32 Å². The van der Waals surface area contributed by atoms with Gasteiger partial charge in [-0.15, -0.1) is 0 Å². The average Bonchev–Trinajstić information content (AvgIpc) is 2.56. The molecule has 18 heavy (non-hydrogen) atoms. The van der Waals surface area contributed by atoms with Crippen LogP contribution in [-0.4, -0.2) is 20.8 Å². The molecule has 2 N–H and O–H groups in total. The largest absolute Gasteiger partial charge is 0.465 e. The van der Waals surface area contributed by atoms with Crippen molar-refractivity contribution in [2.24, 2.45) is 0 Å². The molecule has 0 saturated carbocycles. The highest BCUT2D eigenvalue weighted by molar-refractivity contribution is 14.1. The minimum Gasteiger partial charge on any atom is -0.465 e. The van der Waals surface area contributed by atoms with Crippen LogP contribution in [0.1, 0.15) is 26.5 Å². The molecule has 96 valence electrons. The molecule has 5 nitrogen and oxygen atoms in total. The number of anilines is 1. The molecule has 0 aliphatic carbocycles. The number of halogens is 1. The van der Waals surface area contributed by atoms with Crippen molar-refractivity contribution in [3.05, 3.63) is 27.6 Å². The maximum absolute atomic E-state index is 10.8. The Hall–Kier alpha value is -1.31. The van der Waals surface area contributed by atoms with Crippen LogP contribution in [0.25, 0.3) is 5.52 Å². The SMILES string of the molecule is CC(C)(C)c1nn2c(I)ccc2cc1NC(=O)O. The van der Waals surface area contributed by atoms with E-state index in [1.165, 1.54) is 0 Å². The van der Waals surface area contributed by atoms with E-state index in [2.05, 4.69) is 33.0 Å². The molecule has 0 bridgehead atoms. The third kappa shape index (κ3) is 2.43. The summed E-state index contributed by atoms with van der Waals surface area (Å²) in [6.45, 7) is 6.01. The molecule has 2 rings (SSSR count).